The fraction of sp³-hybridized carbons (Fsp3) is 0.200. The topological polar surface area (TPSA) is 70.0 Å². The summed E-state index contributed by atoms with van der Waals surface area (Å²) in [5.41, 5.74) is 2.67. The smallest absolute Gasteiger partial charge is 0.399 e. The summed E-state index contributed by atoms with van der Waals surface area (Å²) in [5, 5.41) is 2.16. The zero-order valence-corrected chi connectivity index (χ0v) is 21.3. The van der Waals surface area contributed by atoms with Crippen molar-refractivity contribution in [2.75, 3.05) is 0 Å². The van der Waals surface area contributed by atoms with Gasteiger partial charge in [-0.25, -0.2) is 15.0 Å². The summed E-state index contributed by atoms with van der Waals surface area (Å²) in [7, 11) is -0.422. The third kappa shape index (κ3) is 4.41. The van der Waals surface area contributed by atoms with E-state index in [-0.39, 0.29) is 0 Å². The molecule has 0 atom stereocenters. The van der Waals surface area contributed by atoms with Crippen LogP contribution >= 0.6 is 0 Å². The van der Waals surface area contributed by atoms with E-state index in [0.29, 0.717) is 23.2 Å². The van der Waals surface area contributed by atoms with Crippen LogP contribution in [0.1, 0.15) is 27.7 Å². The number of benzene rings is 3. The highest BCUT2D eigenvalue weighted by molar-refractivity contribution is 6.62. The minimum atomic E-state index is -0.422. The second-order valence-electron chi connectivity index (χ2n) is 10.3. The van der Waals surface area contributed by atoms with Crippen LogP contribution in [0.15, 0.2) is 91.1 Å². The Bertz CT molecular complexity index is 1570. The molecular weight excluding hydrogens is 459 g/mol. The monoisotopic (exact) mass is 486 g/mol. The van der Waals surface area contributed by atoms with Crippen LogP contribution < -0.4 is 5.46 Å². The number of aromatic nitrogens is 4. The van der Waals surface area contributed by atoms with Gasteiger partial charge in [-0.05, 0) is 44.6 Å². The number of pyridine rings is 1. The second kappa shape index (κ2) is 8.87. The Kier molecular flexibility index (Phi) is 5.62. The van der Waals surface area contributed by atoms with Crippen LogP contribution in [0, 0.1) is 0 Å². The Balaban J connectivity index is 1.41. The van der Waals surface area contributed by atoms with Crippen LogP contribution in [0.25, 0.3) is 45.1 Å². The van der Waals surface area contributed by atoms with Crippen molar-refractivity contribution in [1.82, 2.24) is 19.9 Å². The van der Waals surface area contributed by atoms with Crippen LogP contribution in [0.3, 0.4) is 0 Å². The first-order chi connectivity index (χ1) is 17.8. The first kappa shape index (κ1) is 23.5. The molecule has 0 bridgehead atoms. The molecule has 0 N–H and O–H groups in total. The average Bonchev–Trinajstić information content (AvgIpc) is 3.15. The van der Waals surface area contributed by atoms with Crippen molar-refractivity contribution in [3.8, 4) is 34.3 Å². The summed E-state index contributed by atoms with van der Waals surface area (Å²) < 4.78 is 12.4. The number of nitrogens with zero attached hydrogens (tertiary/aromatic N) is 4. The van der Waals surface area contributed by atoms with Gasteiger partial charge in [0.15, 0.2) is 17.5 Å². The summed E-state index contributed by atoms with van der Waals surface area (Å²) in [5.74, 6) is 1.72. The van der Waals surface area contributed by atoms with Gasteiger partial charge >= 0.3 is 7.12 Å². The molecule has 2 aromatic heterocycles. The number of hydrogen-bond donors (Lipinski definition) is 0. The lowest BCUT2D eigenvalue weighted by Gasteiger charge is -2.32. The summed E-state index contributed by atoms with van der Waals surface area (Å²) in [6.07, 6.45) is 1.86. The summed E-state index contributed by atoms with van der Waals surface area (Å²) in [4.78, 5) is 19.1. The van der Waals surface area contributed by atoms with Gasteiger partial charge in [-0.2, -0.15) is 0 Å². The number of fused-ring (bicyclic) bond motifs is 1. The number of hydrogen-bond acceptors (Lipinski definition) is 6. The van der Waals surface area contributed by atoms with Crippen molar-refractivity contribution >= 4 is 23.4 Å². The highest BCUT2D eigenvalue weighted by Crippen LogP contribution is 2.36. The summed E-state index contributed by atoms with van der Waals surface area (Å²) >= 11 is 0. The highest BCUT2D eigenvalue weighted by atomic mass is 16.7. The SMILES string of the molecule is CC1(C)OB(c2ccc(-c3nc(-c4ccccc4)nc(-c4cc5ccccc5cn4)n3)cc2)OC1(C)C. The van der Waals surface area contributed by atoms with Crippen molar-refractivity contribution in [1.29, 1.82) is 0 Å². The number of rotatable bonds is 4. The molecule has 0 aliphatic carbocycles. The molecule has 37 heavy (non-hydrogen) atoms. The van der Waals surface area contributed by atoms with Crippen LogP contribution in [0.5, 0.6) is 0 Å². The van der Waals surface area contributed by atoms with Crippen LogP contribution in [-0.4, -0.2) is 38.3 Å². The first-order valence-electron chi connectivity index (χ1n) is 12.4. The van der Waals surface area contributed by atoms with E-state index in [1.165, 1.54) is 0 Å². The van der Waals surface area contributed by atoms with Crippen molar-refractivity contribution < 1.29 is 9.31 Å². The van der Waals surface area contributed by atoms with E-state index in [0.717, 1.165) is 27.4 Å². The van der Waals surface area contributed by atoms with Crippen LogP contribution in [-0.2, 0) is 9.31 Å². The lowest BCUT2D eigenvalue weighted by molar-refractivity contribution is 0.00578. The fourth-order valence-corrected chi connectivity index (χ4v) is 4.31. The zero-order chi connectivity index (χ0) is 25.6. The molecule has 1 fully saturated rings. The van der Waals surface area contributed by atoms with Crippen molar-refractivity contribution in [3.63, 3.8) is 0 Å². The van der Waals surface area contributed by atoms with Gasteiger partial charge in [0.2, 0.25) is 0 Å². The Morgan fingerprint density at radius 3 is 1.78 bits per heavy atom. The molecule has 0 spiro atoms. The quantitative estimate of drug-likeness (QED) is 0.303. The predicted octanol–water partition coefficient (Wildman–Crippen LogP) is 5.72. The highest BCUT2D eigenvalue weighted by Gasteiger charge is 2.51. The molecule has 7 heteroatoms. The molecule has 182 valence electrons. The largest absolute Gasteiger partial charge is 0.494 e. The van der Waals surface area contributed by atoms with Gasteiger partial charge in [-0.15, -0.1) is 0 Å². The molecule has 1 saturated heterocycles. The Morgan fingerprint density at radius 1 is 0.595 bits per heavy atom. The van der Waals surface area contributed by atoms with E-state index >= 15 is 0 Å². The molecule has 0 amide bonds. The Hall–Kier alpha value is -3.94. The van der Waals surface area contributed by atoms with Gasteiger partial charge in [-0.3, -0.25) is 4.98 Å². The van der Waals surface area contributed by atoms with E-state index < -0.39 is 18.3 Å². The molecule has 0 unspecified atom stereocenters. The van der Waals surface area contributed by atoms with Gasteiger partial charge in [0.05, 0.1) is 11.2 Å². The second-order valence-corrected chi connectivity index (χ2v) is 10.3. The zero-order valence-electron chi connectivity index (χ0n) is 21.3. The molecule has 1 aliphatic rings. The molecule has 1 aliphatic heterocycles. The molecule has 6 nitrogen and oxygen atoms in total. The molecule has 6 rings (SSSR count). The minimum absolute atomic E-state index is 0.392. The molecule has 5 aromatic rings. The summed E-state index contributed by atoms with van der Waals surface area (Å²) in [6.45, 7) is 8.22. The summed E-state index contributed by atoms with van der Waals surface area (Å²) in [6, 6.07) is 28.1. The van der Waals surface area contributed by atoms with Gasteiger partial charge in [0.1, 0.15) is 5.69 Å². The molecule has 3 aromatic carbocycles. The van der Waals surface area contributed by atoms with Crippen molar-refractivity contribution in [2.45, 2.75) is 38.9 Å². The van der Waals surface area contributed by atoms with E-state index in [1.54, 1.807) is 0 Å². The predicted molar refractivity (Wildman–Crippen MR) is 147 cm³/mol. The molecular formula is C30H27BN4O2. The van der Waals surface area contributed by atoms with E-state index in [9.17, 15) is 0 Å². The maximum atomic E-state index is 6.21. The maximum Gasteiger partial charge on any atom is 0.494 e. The third-order valence-electron chi connectivity index (χ3n) is 7.22. The maximum absolute atomic E-state index is 6.21. The minimum Gasteiger partial charge on any atom is -0.399 e. The lowest BCUT2D eigenvalue weighted by atomic mass is 9.79. The normalized spacial score (nSPS) is 16.3. The van der Waals surface area contributed by atoms with Gasteiger partial charge < -0.3 is 9.31 Å². The van der Waals surface area contributed by atoms with Gasteiger partial charge in [0, 0.05) is 22.7 Å². The van der Waals surface area contributed by atoms with E-state index in [4.69, 9.17) is 24.3 Å². The van der Waals surface area contributed by atoms with Crippen molar-refractivity contribution in [2.24, 2.45) is 0 Å². The Labute approximate surface area is 216 Å². The fourth-order valence-electron chi connectivity index (χ4n) is 4.31. The van der Waals surface area contributed by atoms with E-state index in [1.807, 2.05) is 85.1 Å². The molecule has 3 heterocycles. The van der Waals surface area contributed by atoms with Gasteiger partial charge in [0.25, 0.3) is 0 Å². The van der Waals surface area contributed by atoms with Crippen LogP contribution in [0.4, 0.5) is 0 Å². The van der Waals surface area contributed by atoms with Crippen LogP contribution in [0.2, 0.25) is 0 Å². The standard InChI is InChI=1S/C30H27BN4O2/c1-29(2)30(3,4)37-31(36-29)24-16-14-21(15-17-24)27-33-26(20-10-6-5-7-11-20)34-28(35-27)25-18-22-12-8-9-13-23(22)19-32-25/h5-19H,1-4H3. The Morgan fingerprint density at radius 2 is 1.14 bits per heavy atom. The average molecular weight is 486 g/mol. The lowest BCUT2D eigenvalue weighted by Crippen LogP contribution is -2.41. The third-order valence-corrected chi connectivity index (χ3v) is 7.22. The van der Waals surface area contributed by atoms with E-state index in [2.05, 4.69) is 38.7 Å². The van der Waals surface area contributed by atoms with Gasteiger partial charge in [-0.1, -0.05) is 78.9 Å². The molecule has 0 saturated carbocycles. The molecule has 0 radical (unpaired) electrons. The first-order valence-corrected chi connectivity index (χ1v) is 12.4. The van der Waals surface area contributed by atoms with Crippen molar-refractivity contribution in [3.05, 3.63) is 91.1 Å².